The van der Waals surface area contributed by atoms with Crippen molar-refractivity contribution in [1.82, 2.24) is 18.7 Å². The molecule has 160 valence electrons. The van der Waals surface area contributed by atoms with Crippen LogP contribution in [0.1, 0.15) is 33.7 Å². The summed E-state index contributed by atoms with van der Waals surface area (Å²) in [5, 5.41) is 0. The van der Waals surface area contributed by atoms with Crippen molar-refractivity contribution in [3.63, 3.8) is 0 Å². The number of nitrogens with zero attached hydrogens (tertiary/aromatic N) is 4. The molecule has 2 heterocycles. The van der Waals surface area contributed by atoms with Crippen LogP contribution in [0.2, 0.25) is 0 Å². The predicted molar refractivity (Wildman–Crippen MR) is 112 cm³/mol. The zero-order valence-electron chi connectivity index (χ0n) is 17.8. The average Bonchev–Trinajstić information content (AvgIpc) is 3.15. The Morgan fingerprint density at radius 1 is 1.20 bits per heavy atom. The zero-order valence-corrected chi connectivity index (χ0v) is 17.8. The van der Waals surface area contributed by atoms with E-state index in [1.807, 2.05) is 13.8 Å². The number of benzene rings is 1. The largest absolute Gasteiger partial charge is 0.497 e. The zero-order chi connectivity index (χ0) is 22.0. The van der Waals surface area contributed by atoms with Crippen LogP contribution in [0.25, 0.3) is 16.9 Å². The van der Waals surface area contributed by atoms with Gasteiger partial charge in [-0.15, -0.1) is 0 Å². The molecule has 9 heteroatoms. The number of rotatable bonds is 7. The van der Waals surface area contributed by atoms with E-state index in [2.05, 4.69) is 4.98 Å². The summed E-state index contributed by atoms with van der Waals surface area (Å²) in [5.41, 5.74) is -0.135. The third-order valence-corrected chi connectivity index (χ3v) is 4.76. The topological polar surface area (TPSA) is 97.4 Å². The van der Waals surface area contributed by atoms with Crippen LogP contribution in [-0.4, -0.2) is 38.4 Å². The number of carbonyl (C=O) groups is 1. The number of imidazole rings is 1. The number of methoxy groups -OCH3 is 1. The van der Waals surface area contributed by atoms with E-state index in [0.29, 0.717) is 11.4 Å². The summed E-state index contributed by atoms with van der Waals surface area (Å²) >= 11 is 0. The molecule has 3 aromatic rings. The molecule has 0 aliphatic carbocycles. The molecule has 0 N–H and O–H groups in total. The fourth-order valence-electron chi connectivity index (χ4n) is 3.33. The number of carbonyl (C=O) groups excluding carboxylic acids is 1. The van der Waals surface area contributed by atoms with Crippen molar-refractivity contribution in [2.24, 2.45) is 5.92 Å². The fourth-order valence-corrected chi connectivity index (χ4v) is 3.33. The van der Waals surface area contributed by atoms with E-state index >= 15 is 0 Å². The van der Waals surface area contributed by atoms with Crippen LogP contribution in [0, 0.1) is 5.92 Å². The predicted octanol–water partition coefficient (Wildman–Crippen LogP) is 2.14. The highest BCUT2D eigenvalue weighted by Gasteiger charge is 2.25. The Morgan fingerprint density at radius 2 is 1.93 bits per heavy atom. The number of hydrogen-bond donors (Lipinski definition) is 0. The van der Waals surface area contributed by atoms with Crippen LogP contribution in [0.15, 0.2) is 40.2 Å². The summed E-state index contributed by atoms with van der Waals surface area (Å²) in [4.78, 5) is 43.2. The van der Waals surface area contributed by atoms with Crippen LogP contribution in [0.4, 0.5) is 0 Å². The Hall–Kier alpha value is -3.36. The second-order valence-corrected chi connectivity index (χ2v) is 7.38. The van der Waals surface area contributed by atoms with Crippen LogP contribution < -0.4 is 16.0 Å². The van der Waals surface area contributed by atoms with Crippen molar-refractivity contribution >= 4 is 17.1 Å². The summed E-state index contributed by atoms with van der Waals surface area (Å²) in [5.74, 6) is 0.143. The molecule has 30 heavy (non-hydrogen) atoms. The smallest absolute Gasteiger partial charge is 0.337 e. The van der Waals surface area contributed by atoms with Crippen LogP contribution in [-0.2, 0) is 16.1 Å². The highest BCUT2D eigenvalue weighted by atomic mass is 16.5. The molecule has 0 saturated heterocycles. The van der Waals surface area contributed by atoms with E-state index in [0.717, 1.165) is 0 Å². The lowest BCUT2D eigenvalue weighted by atomic mass is 10.2. The molecule has 1 atom stereocenters. The first kappa shape index (κ1) is 21.4. The number of ether oxygens (including phenoxy) is 2. The Labute approximate surface area is 173 Å². The summed E-state index contributed by atoms with van der Waals surface area (Å²) in [6.45, 7) is 7.65. The summed E-state index contributed by atoms with van der Waals surface area (Å²) < 4.78 is 14.4. The average molecular weight is 414 g/mol. The van der Waals surface area contributed by atoms with Gasteiger partial charge in [-0.2, -0.15) is 0 Å². The minimum Gasteiger partial charge on any atom is -0.497 e. The molecule has 9 nitrogen and oxygen atoms in total. The second kappa shape index (κ2) is 8.56. The maximum absolute atomic E-state index is 13.3. The van der Waals surface area contributed by atoms with Gasteiger partial charge in [0.25, 0.3) is 5.56 Å². The van der Waals surface area contributed by atoms with E-state index in [9.17, 15) is 14.4 Å². The SMILES string of the molecule is CCOC(=O)[C@@H](C)n1cnc2c1c(=O)n(CC(C)C)c(=O)n2-c1cccc(OC)c1. The summed E-state index contributed by atoms with van der Waals surface area (Å²) in [6.07, 6.45) is 1.39. The van der Waals surface area contributed by atoms with Crippen LogP contribution >= 0.6 is 0 Å². The van der Waals surface area contributed by atoms with Crippen molar-refractivity contribution in [2.45, 2.75) is 40.3 Å². The van der Waals surface area contributed by atoms with Crippen molar-refractivity contribution in [2.75, 3.05) is 13.7 Å². The van der Waals surface area contributed by atoms with E-state index in [1.165, 1.54) is 27.1 Å². The first-order chi connectivity index (χ1) is 14.3. The molecule has 0 aliphatic heterocycles. The number of hydrogen-bond acceptors (Lipinski definition) is 6. The maximum Gasteiger partial charge on any atom is 0.337 e. The number of esters is 1. The van der Waals surface area contributed by atoms with Crippen molar-refractivity contribution in [3.05, 3.63) is 51.4 Å². The molecular weight excluding hydrogens is 388 g/mol. The molecule has 0 unspecified atom stereocenters. The first-order valence-corrected chi connectivity index (χ1v) is 9.83. The molecule has 2 aromatic heterocycles. The van der Waals surface area contributed by atoms with Gasteiger partial charge in [0.2, 0.25) is 0 Å². The monoisotopic (exact) mass is 414 g/mol. The highest BCUT2D eigenvalue weighted by Crippen LogP contribution is 2.20. The molecule has 0 radical (unpaired) electrons. The van der Waals surface area contributed by atoms with Crippen LogP contribution in [0.5, 0.6) is 5.75 Å². The molecule has 0 amide bonds. The van der Waals surface area contributed by atoms with E-state index in [-0.39, 0.29) is 30.2 Å². The van der Waals surface area contributed by atoms with Gasteiger partial charge in [-0.3, -0.25) is 9.36 Å². The molecule has 0 saturated carbocycles. The van der Waals surface area contributed by atoms with Gasteiger partial charge in [0.1, 0.15) is 11.8 Å². The molecule has 0 fully saturated rings. The van der Waals surface area contributed by atoms with E-state index in [1.54, 1.807) is 38.1 Å². The fraction of sp³-hybridized carbons (Fsp3) is 0.429. The molecule has 3 rings (SSSR count). The molecule has 0 aliphatic rings. The quantitative estimate of drug-likeness (QED) is 0.550. The van der Waals surface area contributed by atoms with Gasteiger partial charge >= 0.3 is 11.7 Å². The van der Waals surface area contributed by atoms with Gasteiger partial charge in [-0.05, 0) is 31.9 Å². The van der Waals surface area contributed by atoms with Crippen molar-refractivity contribution in [1.29, 1.82) is 0 Å². The summed E-state index contributed by atoms with van der Waals surface area (Å²) in [6, 6.07) is 6.17. The third kappa shape index (κ3) is 3.74. The lowest BCUT2D eigenvalue weighted by molar-refractivity contribution is -0.146. The van der Waals surface area contributed by atoms with E-state index < -0.39 is 23.3 Å². The lowest BCUT2D eigenvalue weighted by Gasteiger charge is -2.16. The molecule has 0 bridgehead atoms. The van der Waals surface area contributed by atoms with Crippen LogP contribution in [0.3, 0.4) is 0 Å². The highest BCUT2D eigenvalue weighted by molar-refractivity contribution is 5.79. The number of fused-ring (bicyclic) bond motifs is 1. The van der Waals surface area contributed by atoms with E-state index in [4.69, 9.17) is 9.47 Å². The van der Waals surface area contributed by atoms with Gasteiger partial charge in [-0.1, -0.05) is 19.9 Å². The van der Waals surface area contributed by atoms with Gasteiger partial charge in [0.05, 0.1) is 25.7 Å². The summed E-state index contributed by atoms with van der Waals surface area (Å²) in [7, 11) is 1.53. The van der Waals surface area contributed by atoms with Gasteiger partial charge < -0.3 is 14.0 Å². The Morgan fingerprint density at radius 3 is 2.57 bits per heavy atom. The van der Waals surface area contributed by atoms with Crippen molar-refractivity contribution < 1.29 is 14.3 Å². The molecule has 1 aromatic carbocycles. The molecule has 0 spiro atoms. The van der Waals surface area contributed by atoms with Gasteiger partial charge in [0.15, 0.2) is 11.2 Å². The molecular formula is C21H26N4O5. The second-order valence-electron chi connectivity index (χ2n) is 7.38. The van der Waals surface area contributed by atoms with Gasteiger partial charge in [-0.25, -0.2) is 19.1 Å². The maximum atomic E-state index is 13.3. The lowest BCUT2D eigenvalue weighted by Crippen LogP contribution is -2.41. The Balaban J connectivity index is 2.37. The van der Waals surface area contributed by atoms with Crippen molar-refractivity contribution in [3.8, 4) is 11.4 Å². The normalized spacial score (nSPS) is 12.3. The van der Waals surface area contributed by atoms with Gasteiger partial charge in [0, 0.05) is 12.6 Å². The minimum absolute atomic E-state index is 0.0606. The standard InChI is InChI=1S/C21H26N4O5/c1-6-30-20(27)14(4)24-12-22-18-17(24)19(26)23(11-13(2)3)21(28)25(18)15-8-7-9-16(10-15)29-5/h7-10,12-14H,6,11H2,1-5H3/t14-/m1/s1. The Kier molecular flexibility index (Phi) is 6.09. The number of aromatic nitrogens is 4. The first-order valence-electron chi connectivity index (χ1n) is 9.83. The Bertz CT molecular complexity index is 1190. The third-order valence-electron chi connectivity index (χ3n) is 4.76. The minimum atomic E-state index is -0.772.